The number of aromatic nitrogens is 1. The SMILES string of the molecule is O=C(N[C@@H]1CC(=O)N(CCc2ccccc2)C1)c1ccccn1. The molecule has 0 unspecified atom stereocenters. The average molecular weight is 309 g/mol. The molecule has 1 fully saturated rings. The maximum absolute atomic E-state index is 12.1. The molecule has 23 heavy (non-hydrogen) atoms. The van der Waals surface area contributed by atoms with Crippen molar-refractivity contribution in [3.8, 4) is 0 Å². The van der Waals surface area contributed by atoms with Crippen molar-refractivity contribution in [2.45, 2.75) is 18.9 Å². The number of likely N-dealkylation sites (tertiary alicyclic amines) is 1. The van der Waals surface area contributed by atoms with Crippen LogP contribution in [-0.4, -0.2) is 40.8 Å². The van der Waals surface area contributed by atoms with Gasteiger partial charge in [-0.15, -0.1) is 0 Å². The van der Waals surface area contributed by atoms with Gasteiger partial charge in [0.05, 0.1) is 6.04 Å². The third-order valence-corrected chi connectivity index (χ3v) is 3.96. The van der Waals surface area contributed by atoms with E-state index in [0.717, 1.165) is 6.42 Å². The Morgan fingerprint density at radius 3 is 2.70 bits per heavy atom. The fraction of sp³-hybridized carbons (Fsp3) is 0.278. The highest BCUT2D eigenvalue weighted by atomic mass is 16.2. The summed E-state index contributed by atoms with van der Waals surface area (Å²) in [6.07, 6.45) is 2.77. The summed E-state index contributed by atoms with van der Waals surface area (Å²) in [5.74, 6) is -0.138. The summed E-state index contributed by atoms with van der Waals surface area (Å²) in [5.41, 5.74) is 1.59. The normalized spacial score (nSPS) is 17.3. The minimum Gasteiger partial charge on any atom is -0.346 e. The molecule has 3 rings (SSSR count). The summed E-state index contributed by atoms with van der Waals surface area (Å²) in [4.78, 5) is 30.0. The zero-order valence-electron chi connectivity index (χ0n) is 12.8. The van der Waals surface area contributed by atoms with Crippen LogP contribution < -0.4 is 5.32 Å². The summed E-state index contributed by atoms with van der Waals surface area (Å²) in [7, 11) is 0. The average Bonchev–Trinajstić information content (AvgIpc) is 2.94. The van der Waals surface area contributed by atoms with E-state index in [0.29, 0.717) is 25.2 Å². The first-order chi connectivity index (χ1) is 11.2. The van der Waals surface area contributed by atoms with Gasteiger partial charge in [-0.25, -0.2) is 0 Å². The third-order valence-electron chi connectivity index (χ3n) is 3.96. The molecule has 2 heterocycles. The highest BCUT2D eigenvalue weighted by Crippen LogP contribution is 2.13. The molecule has 1 aromatic carbocycles. The van der Waals surface area contributed by atoms with Gasteiger partial charge in [0.15, 0.2) is 0 Å². The van der Waals surface area contributed by atoms with E-state index in [1.807, 2.05) is 23.1 Å². The van der Waals surface area contributed by atoms with Gasteiger partial charge >= 0.3 is 0 Å². The number of amides is 2. The molecule has 5 nitrogen and oxygen atoms in total. The maximum Gasteiger partial charge on any atom is 0.270 e. The van der Waals surface area contributed by atoms with Gasteiger partial charge in [0.2, 0.25) is 5.91 Å². The van der Waals surface area contributed by atoms with Crippen LogP contribution >= 0.6 is 0 Å². The second-order valence-electron chi connectivity index (χ2n) is 5.66. The van der Waals surface area contributed by atoms with Crippen LogP contribution in [0, 0.1) is 0 Å². The standard InChI is InChI=1S/C18H19N3O2/c22-17-12-15(20-18(23)16-8-4-5-10-19-16)13-21(17)11-9-14-6-2-1-3-7-14/h1-8,10,15H,9,11-13H2,(H,20,23)/t15-/m1/s1. The molecule has 1 saturated heterocycles. The van der Waals surface area contributed by atoms with Crippen molar-refractivity contribution in [1.82, 2.24) is 15.2 Å². The summed E-state index contributed by atoms with van der Waals surface area (Å²) in [6.45, 7) is 1.24. The second kappa shape index (κ2) is 7.05. The van der Waals surface area contributed by atoms with Crippen molar-refractivity contribution < 1.29 is 9.59 Å². The predicted octanol–water partition coefficient (Wildman–Crippen LogP) is 1.65. The lowest BCUT2D eigenvalue weighted by Crippen LogP contribution is -2.37. The van der Waals surface area contributed by atoms with E-state index in [1.165, 1.54) is 5.56 Å². The largest absolute Gasteiger partial charge is 0.346 e. The van der Waals surface area contributed by atoms with Gasteiger partial charge in [-0.3, -0.25) is 14.6 Å². The molecular weight excluding hydrogens is 290 g/mol. The Labute approximate surface area is 135 Å². The Hall–Kier alpha value is -2.69. The van der Waals surface area contributed by atoms with Crippen LogP contribution in [0.3, 0.4) is 0 Å². The van der Waals surface area contributed by atoms with Crippen molar-refractivity contribution >= 4 is 11.8 Å². The molecule has 1 aromatic heterocycles. The molecule has 5 heteroatoms. The fourth-order valence-electron chi connectivity index (χ4n) is 2.75. The number of benzene rings is 1. The Morgan fingerprint density at radius 2 is 1.96 bits per heavy atom. The lowest BCUT2D eigenvalue weighted by molar-refractivity contribution is -0.127. The van der Waals surface area contributed by atoms with Crippen molar-refractivity contribution in [1.29, 1.82) is 0 Å². The van der Waals surface area contributed by atoms with Crippen molar-refractivity contribution in [3.63, 3.8) is 0 Å². The number of carbonyl (C=O) groups excluding carboxylic acids is 2. The quantitative estimate of drug-likeness (QED) is 0.913. The van der Waals surface area contributed by atoms with Gasteiger partial charge in [0, 0.05) is 25.7 Å². The van der Waals surface area contributed by atoms with E-state index in [1.54, 1.807) is 24.4 Å². The van der Waals surface area contributed by atoms with E-state index >= 15 is 0 Å². The van der Waals surface area contributed by atoms with E-state index in [2.05, 4.69) is 22.4 Å². The molecule has 0 aliphatic carbocycles. The first kappa shape index (κ1) is 15.2. The molecule has 1 aliphatic heterocycles. The Kier molecular flexibility index (Phi) is 4.66. The molecule has 2 aromatic rings. The Bertz CT molecular complexity index is 673. The number of nitrogens with one attached hydrogen (secondary N) is 1. The fourth-order valence-corrected chi connectivity index (χ4v) is 2.75. The van der Waals surface area contributed by atoms with Crippen molar-refractivity contribution in [2.24, 2.45) is 0 Å². The monoisotopic (exact) mass is 309 g/mol. The third kappa shape index (κ3) is 3.94. The summed E-state index contributed by atoms with van der Waals surface area (Å²) in [5, 5.41) is 2.89. The number of hydrogen-bond donors (Lipinski definition) is 1. The molecule has 0 bridgehead atoms. The van der Waals surface area contributed by atoms with Gasteiger partial charge in [-0.2, -0.15) is 0 Å². The molecule has 1 N–H and O–H groups in total. The van der Waals surface area contributed by atoms with Crippen LogP contribution in [0.5, 0.6) is 0 Å². The zero-order valence-corrected chi connectivity index (χ0v) is 12.8. The van der Waals surface area contributed by atoms with Crippen LogP contribution in [-0.2, 0) is 11.2 Å². The molecule has 1 atom stereocenters. The van der Waals surface area contributed by atoms with Crippen LogP contribution in [0.2, 0.25) is 0 Å². The van der Waals surface area contributed by atoms with E-state index in [4.69, 9.17) is 0 Å². The molecule has 0 spiro atoms. The molecule has 1 aliphatic rings. The predicted molar refractivity (Wildman–Crippen MR) is 86.8 cm³/mol. The smallest absolute Gasteiger partial charge is 0.270 e. The number of nitrogens with zero attached hydrogens (tertiary/aromatic N) is 2. The van der Waals surface area contributed by atoms with Gasteiger partial charge in [-0.05, 0) is 24.1 Å². The molecular formula is C18H19N3O2. The minimum atomic E-state index is -0.228. The van der Waals surface area contributed by atoms with E-state index < -0.39 is 0 Å². The lowest BCUT2D eigenvalue weighted by Gasteiger charge is -2.17. The van der Waals surface area contributed by atoms with Crippen molar-refractivity contribution in [2.75, 3.05) is 13.1 Å². The van der Waals surface area contributed by atoms with Gasteiger partial charge in [0.25, 0.3) is 5.91 Å². The highest BCUT2D eigenvalue weighted by molar-refractivity contribution is 5.93. The number of rotatable bonds is 5. The molecule has 118 valence electrons. The maximum atomic E-state index is 12.1. The van der Waals surface area contributed by atoms with Crippen LogP contribution in [0.25, 0.3) is 0 Å². The van der Waals surface area contributed by atoms with E-state index in [-0.39, 0.29) is 17.9 Å². The Balaban J connectivity index is 1.52. The number of hydrogen-bond acceptors (Lipinski definition) is 3. The highest BCUT2D eigenvalue weighted by Gasteiger charge is 2.30. The Morgan fingerprint density at radius 1 is 1.17 bits per heavy atom. The topological polar surface area (TPSA) is 62.3 Å². The molecule has 2 amide bonds. The first-order valence-corrected chi connectivity index (χ1v) is 7.76. The molecule has 0 radical (unpaired) electrons. The number of pyridine rings is 1. The van der Waals surface area contributed by atoms with Gasteiger partial charge in [-0.1, -0.05) is 36.4 Å². The summed E-state index contributed by atoms with van der Waals surface area (Å²) >= 11 is 0. The summed E-state index contributed by atoms with van der Waals surface area (Å²) in [6, 6.07) is 15.1. The number of carbonyl (C=O) groups is 2. The zero-order chi connectivity index (χ0) is 16.1. The first-order valence-electron chi connectivity index (χ1n) is 7.76. The van der Waals surface area contributed by atoms with Crippen molar-refractivity contribution in [3.05, 3.63) is 66.0 Å². The van der Waals surface area contributed by atoms with Crippen LogP contribution in [0.1, 0.15) is 22.5 Å². The van der Waals surface area contributed by atoms with Gasteiger partial charge in [0.1, 0.15) is 5.69 Å². The summed E-state index contributed by atoms with van der Waals surface area (Å²) < 4.78 is 0. The molecule has 0 saturated carbocycles. The van der Waals surface area contributed by atoms with Crippen LogP contribution in [0.15, 0.2) is 54.7 Å². The van der Waals surface area contributed by atoms with Crippen LogP contribution in [0.4, 0.5) is 0 Å². The lowest BCUT2D eigenvalue weighted by atomic mass is 10.1. The van der Waals surface area contributed by atoms with Gasteiger partial charge < -0.3 is 10.2 Å². The van der Waals surface area contributed by atoms with E-state index in [9.17, 15) is 9.59 Å². The second-order valence-corrected chi connectivity index (χ2v) is 5.66. The minimum absolute atomic E-state index is 0.0900.